The predicted octanol–water partition coefficient (Wildman–Crippen LogP) is 0.824. The van der Waals surface area contributed by atoms with Crippen LogP contribution in [0.15, 0.2) is 0 Å². The molecule has 2 saturated heterocycles. The summed E-state index contributed by atoms with van der Waals surface area (Å²) in [7, 11) is 0. The Hall–Kier alpha value is -0.260. The zero-order valence-electron chi connectivity index (χ0n) is 9.53. The van der Waals surface area contributed by atoms with Crippen LogP contribution in [0.25, 0.3) is 0 Å². The first-order chi connectivity index (χ1) is 7.65. The maximum absolute atomic E-state index is 12.1. The Kier molecular flexibility index (Phi) is 3.47. The summed E-state index contributed by atoms with van der Waals surface area (Å²) in [6.45, 7) is 2.97. The van der Waals surface area contributed by atoms with E-state index in [0.29, 0.717) is 38.4 Å². The normalized spacial score (nSPS) is 38.9. The zero-order valence-corrected chi connectivity index (χ0v) is 10.3. The van der Waals surface area contributed by atoms with E-state index in [-0.39, 0.29) is 5.97 Å². The molecule has 2 atom stereocenters. The lowest BCUT2D eigenvalue weighted by atomic mass is 9.70. The van der Waals surface area contributed by atoms with E-state index in [2.05, 4.69) is 0 Å². The molecule has 1 N–H and O–H groups in total. The van der Waals surface area contributed by atoms with E-state index < -0.39 is 11.0 Å². The number of hydrogen-bond acceptors (Lipinski definition) is 5. The summed E-state index contributed by atoms with van der Waals surface area (Å²) in [6, 6.07) is 0. The third-order valence-corrected chi connectivity index (χ3v) is 4.75. The second-order valence-corrected chi connectivity index (χ2v) is 5.54. The molecule has 0 bridgehead atoms. The van der Waals surface area contributed by atoms with Gasteiger partial charge >= 0.3 is 5.97 Å². The van der Waals surface area contributed by atoms with E-state index >= 15 is 0 Å². The minimum Gasteiger partial charge on any atom is -0.465 e. The molecule has 0 aromatic carbocycles. The van der Waals surface area contributed by atoms with Crippen molar-refractivity contribution < 1.29 is 19.4 Å². The lowest BCUT2D eigenvalue weighted by Gasteiger charge is -2.38. The molecule has 2 rings (SSSR count). The number of carbonyl (C=O) groups excluding carboxylic acids is 1. The molecule has 2 heterocycles. The standard InChI is InChI=1S/C11H18O4S/c1-2-15-9(12)10(3-5-14-7-10)11(13)4-6-16-8-11/h13H,2-8H2,1H3. The molecule has 2 aliphatic rings. The molecule has 92 valence electrons. The summed E-state index contributed by atoms with van der Waals surface area (Å²) in [5.41, 5.74) is -1.77. The van der Waals surface area contributed by atoms with Gasteiger partial charge in [0, 0.05) is 12.4 Å². The van der Waals surface area contributed by atoms with Crippen LogP contribution in [-0.4, -0.2) is 48.0 Å². The number of hydrogen-bond donors (Lipinski definition) is 1. The van der Waals surface area contributed by atoms with E-state index in [1.807, 2.05) is 0 Å². The first-order valence-corrected chi connectivity index (χ1v) is 6.85. The van der Waals surface area contributed by atoms with Gasteiger partial charge in [-0.1, -0.05) is 0 Å². The zero-order chi connectivity index (χ0) is 11.6. The molecule has 16 heavy (non-hydrogen) atoms. The van der Waals surface area contributed by atoms with Crippen molar-refractivity contribution in [3.8, 4) is 0 Å². The highest BCUT2D eigenvalue weighted by atomic mass is 32.2. The average molecular weight is 246 g/mol. The molecule has 2 unspecified atom stereocenters. The van der Waals surface area contributed by atoms with Crippen LogP contribution in [0, 0.1) is 5.41 Å². The number of aliphatic hydroxyl groups is 1. The average Bonchev–Trinajstić information content (AvgIpc) is 2.87. The van der Waals surface area contributed by atoms with Crippen LogP contribution in [0.3, 0.4) is 0 Å². The summed E-state index contributed by atoms with van der Waals surface area (Å²) in [4.78, 5) is 12.1. The van der Waals surface area contributed by atoms with Crippen molar-refractivity contribution in [2.24, 2.45) is 5.41 Å². The minimum absolute atomic E-state index is 0.294. The molecule has 0 spiro atoms. The summed E-state index contributed by atoms with van der Waals surface area (Å²) in [5, 5.41) is 10.6. The Morgan fingerprint density at radius 1 is 1.56 bits per heavy atom. The van der Waals surface area contributed by atoms with Gasteiger partial charge < -0.3 is 14.6 Å². The maximum atomic E-state index is 12.1. The van der Waals surface area contributed by atoms with Crippen LogP contribution in [0.1, 0.15) is 19.8 Å². The Morgan fingerprint density at radius 3 is 2.88 bits per heavy atom. The molecule has 0 aliphatic carbocycles. The number of carbonyl (C=O) groups is 1. The Bertz CT molecular complexity index is 267. The molecular weight excluding hydrogens is 228 g/mol. The fraction of sp³-hybridized carbons (Fsp3) is 0.909. The second-order valence-electron chi connectivity index (χ2n) is 4.44. The predicted molar refractivity (Wildman–Crippen MR) is 61.4 cm³/mol. The van der Waals surface area contributed by atoms with E-state index in [4.69, 9.17) is 9.47 Å². The fourth-order valence-electron chi connectivity index (χ4n) is 2.48. The Balaban J connectivity index is 2.24. The molecule has 0 radical (unpaired) electrons. The molecule has 0 saturated carbocycles. The largest absolute Gasteiger partial charge is 0.465 e. The van der Waals surface area contributed by atoms with Crippen LogP contribution in [-0.2, 0) is 14.3 Å². The molecule has 0 aromatic rings. The molecule has 0 amide bonds. The van der Waals surface area contributed by atoms with Crippen molar-refractivity contribution in [1.82, 2.24) is 0 Å². The van der Waals surface area contributed by atoms with Gasteiger partial charge in [-0.25, -0.2) is 0 Å². The quantitative estimate of drug-likeness (QED) is 0.747. The monoisotopic (exact) mass is 246 g/mol. The topological polar surface area (TPSA) is 55.8 Å². The van der Waals surface area contributed by atoms with Crippen LogP contribution in [0.5, 0.6) is 0 Å². The Labute approximate surface area is 99.7 Å². The van der Waals surface area contributed by atoms with Crippen molar-refractivity contribution in [3.63, 3.8) is 0 Å². The summed E-state index contributed by atoms with van der Waals surface area (Å²) in [5.74, 6) is 1.21. The highest BCUT2D eigenvalue weighted by molar-refractivity contribution is 7.99. The van der Waals surface area contributed by atoms with Gasteiger partial charge in [0.25, 0.3) is 0 Å². The summed E-state index contributed by atoms with van der Waals surface area (Å²) in [6.07, 6.45) is 1.22. The number of thioether (sulfide) groups is 1. The van der Waals surface area contributed by atoms with Gasteiger partial charge in [0.2, 0.25) is 0 Å². The molecule has 2 aliphatic heterocycles. The van der Waals surface area contributed by atoms with Crippen LogP contribution in [0.4, 0.5) is 0 Å². The third kappa shape index (κ3) is 1.75. The fourth-order valence-corrected chi connectivity index (χ4v) is 3.87. The molecule has 2 fully saturated rings. The molecular formula is C11H18O4S. The van der Waals surface area contributed by atoms with E-state index in [0.717, 1.165) is 5.75 Å². The molecule has 0 aromatic heterocycles. The number of esters is 1. The van der Waals surface area contributed by atoms with E-state index in [9.17, 15) is 9.90 Å². The lowest BCUT2D eigenvalue weighted by Crippen LogP contribution is -2.54. The van der Waals surface area contributed by atoms with E-state index in [1.54, 1.807) is 18.7 Å². The lowest BCUT2D eigenvalue weighted by molar-refractivity contribution is -0.172. The van der Waals surface area contributed by atoms with Crippen LogP contribution < -0.4 is 0 Å². The number of ether oxygens (including phenoxy) is 2. The highest BCUT2D eigenvalue weighted by Gasteiger charge is 2.59. The maximum Gasteiger partial charge on any atom is 0.317 e. The van der Waals surface area contributed by atoms with Crippen molar-refractivity contribution >= 4 is 17.7 Å². The van der Waals surface area contributed by atoms with Gasteiger partial charge in [-0.05, 0) is 25.5 Å². The highest BCUT2D eigenvalue weighted by Crippen LogP contribution is 2.48. The third-order valence-electron chi connectivity index (χ3n) is 3.58. The SMILES string of the molecule is CCOC(=O)C1(C2(O)CCSC2)CCOC1. The Morgan fingerprint density at radius 2 is 2.38 bits per heavy atom. The second kappa shape index (κ2) is 4.55. The van der Waals surface area contributed by atoms with Gasteiger partial charge in [0.05, 0.1) is 18.8 Å². The summed E-state index contributed by atoms with van der Waals surface area (Å²) >= 11 is 1.69. The van der Waals surface area contributed by atoms with E-state index in [1.165, 1.54) is 0 Å². The smallest absolute Gasteiger partial charge is 0.317 e. The van der Waals surface area contributed by atoms with Gasteiger partial charge in [0.15, 0.2) is 0 Å². The van der Waals surface area contributed by atoms with Crippen LogP contribution >= 0.6 is 11.8 Å². The first-order valence-electron chi connectivity index (χ1n) is 5.70. The van der Waals surface area contributed by atoms with Crippen LogP contribution in [0.2, 0.25) is 0 Å². The van der Waals surface area contributed by atoms with Crippen molar-refractivity contribution in [3.05, 3.63) is 0 Å². The number of rotatable bonds is 3. The first kappa shape index (κ1) is 12.2. The van der Waals surface area contributed by atoms with Crippen molar-refractivity contribution in [2.45, 2.75) is 25.4 Å². The van der Waals surface area contributed by atoms with Gasteiger partial charge in [-0.2, -0.15) is 11.8 Å². The van der Waals surface area contributed by atoms with Gasteiger partial charge in [0.1, 0.15) is 5.41 Å². The summed E-state index contributed by atoms with van der Waals surface area (Å²) < 4.78 is 10.5. The minimum atomic E-state index is -0.944. The molecule has 5 heteroatoms. The van der Waals surface area contributed by atoms with Gasteiger partial charge in [-0.15, -0.1) is 0 Å². The van der Waals surface area contributed by atoms with Crippen molar-refractivity contribution in [2.75, 3.05) is 31.3 Å². The van der Waals surface area contributed by atoms with Crippen molar-refractivity contribution in [1.29, 1.82) is 0 Å². The molecule has 4 nitrogen and oxygen atoms in total. The van der Waals surface area contributed by atoms with Gasteiger partial charge in [-0.3, -0.25) is 4.79 Å².